The van der Waals surface area contributed by atoms with Crippen molar-refractivity contribution in [2.24, 2.45) is 0 Å². The molecule has 0 aliphatic carbocycles. The van der Waals surface area contributed by atoms with Crippen molar-refractivity contribution in [2.45, 2.75) is 38.6 Å². The van der Waals surface area contributed by atoms with Crippen LogP contribution in [0.15, 0.2) is 0 Å². The normalized spacial score (nSPS) is 17.5. The molecule has 0 spiro atoms. The third-order valence-electron chi connectivity index (χ3n) is 1.78. The molecule has 0 saturated carbocycles. The van der Waals surface area contributed by atoms with Crippen LogP contribution in [0.5, 0.6) is 0 Å². The second kappa shape index (κ2) is 4.67. The van der Waals surface area contributed by atoms with Crippen LogP contribution in [0.4, 0.5) is 13.2 Å². The van der Waals surface area contributed by atoms with Gasteiger partial charge in [0.15, 0.2) is 6.10 Å². The van der Waals surface area contributed by atoms with E-state index in [-0.39, 0.29) is 12.6 Å². The summed E-state index contributed by atoms with van der Waals surface area (Å²) in [4.78, 5) is 0. The van der Waals surface area contributed by atoms with Crippen LogP contribution in [0.1, 0.15) is 20.3 Å². The van der Waals surface area contributed by atoms with Gasteiger partial charge in [-0.3, -0.25) is 0 Å². The van der Waals surface area contributed by atoms with E-state index in [2.05, 4.69) is 0 Å². The third-order valence-corrected chi connectivity index (χ3v) is 1.78. The summed E-state index contributed by atoms with van der Waals surface area (Å²) in [5, 5.41) is 10.1. The first-order chi connectivity index (χ1) is 5.38. The quantitative estimate of drug-likeness (QED) is 0.649. The minimum absolute atomic E-state index is 0.127. The molecule has 0 bridgehead atoms. The summed E-state index contributed by atoms with van der Waals surface area (Å²) >= 11 is 0. The van der Waals surface area contributed by atoms with E-state index in [1.54, 1.807) is 0 Å². The molecule has 0 aromatic carbocycles. The Labute approximate surface area is 69.8 Å². The van der Waals surface area contributed by atoms with Crippen molar-refractivity contribution in [1.29, 1.82) is 0 Å². The van der Waals surface area contributed by atoms with Crippen molar-refractivity contribution in [3.8, 4) is 0 Å². The Morgan fingerprint density at radius 3 is 2.25 bits per heavy atom. The van der Waals surface area contributed by atoms with E-state index in [0.717, 1.165) is 6.42 Å². The molecule has 0 saturated heterocycles. The lowest BCUT2D eigenvalue weighted by molar-refractivity contribution is -0.695. The Morgan fingerprint density at radius 1 is 1.42 bits per heavy atom. The lowest BCUT2D eigenvalue weighted by Gasteiger charge is -2.15. The van der Waals surface area contributed by atoms with Gasteiger partial charge < -0.3 is 10.4 Å². The fourth-order valence-corrected chi connectivity index (χ4v) is 0.662. The van der Waals surface area contributed by atoms with E-state index in [1.807, 2.05) is 13.8 Å². The highest BCUT2D eigenvalue weighted by molar-refractivity contribution is 4.62. The maximum Gasteiger partial charge on any atom is 0.419 e. The van der Waals surface area contributed by atoms with E-state index in [0.29, 0.717) is 0 Å². The molecule has 0 aliphatic rings. The highest BCUT2D eigenvalue weighted by atomic mass is 19.4. The van der Waals surface area contributed by atoms with E-state index < -0.39 is 12.3 Å². The SMILES string of the molecule is CC[C@H](C)[NH2+]C[C@H](O)C(F)(F)F. The average molecular weight is 186 g/mol. The summed E-state index contributed by atoms with van der Waals surface area (Å²) in [6.45, 7) is 3.41. The Hall–Kier alpha value is -0.290. The molecule has 0 radical (unpaired) electrons. The van der Waals surface area contributed by atoms with E-state index >= 15 is 0 Å². The maximum absolute atomic E-state index is 11.7. The van der Waals surface area contributed by atoms with Gasteiger partial charge in [-0.1, -0.05) is 6.92 Å². The minimum atomic E-state index is -4.48. The van der Waals surface area contributed by atoms with Crippen molar-refractivity contribution in [3.63, 3.8) is 0 Å². The van der Waals surface area contributed by atoms with Crippen molar-refractivity contribution in [2.75, 3.05) is 6.54 Å². The van der Waals surface area contributed by atoms with Crippen molar-refractivity contribution in [3.05, 3.63) is 0 Å². The lowest BCUT2D eigenvalue weighted by Crippen LogP contribution is -2.91. The van der Waals surface area contributed by atoms with Crippen molar-refractivity contribution < 1.29 is 23.6 Å². The number of hydrogen-bond donors (Lipinski definition) is 2. The molecule has 0 aromatic rings. The van der Waals surface area contributed by atoms with Gasteiger partial charge in [0.2, 0.25) is 0 Å². The van der Waals surface area contributed by atoms with Gasteiger partial charge in [-0.25, -0.2) is 0 Å². The number of hydrogen-bond acceptors (Lipinski definition) is 1. The highest BCUT2D eigenvalue weighted by Crippen LogP contribution is 2.18. The van der Waals surface area contributed by atoms with Crippen molar-refractivity contribution >= 4 is 0 Å². The Balaban J connectivity index is 3.64. The summed E-state index contributed by atoms with van der Waals surface area (Å²) < 4.78 is 35.2. The second-order valence-electron chi connectivity index (χ2n) is 2.91. The zero-order valence-electron chi connectivity index (χ0n) is 7.23. The van der Waals surface area contributed by atoms with Gasteiger partial charge in [0, 0.05) is 0 Å². The second-order valence-corrected chi connectivity index (χ2v) is 2.91. The first-order valence-electron chi connectivity index (χ1n) is 3.96. The molecular weight excluding hydrogens is 171 g/mol. The minimum Gasteiger partial charge on any atom is -0.379 e. The Kier molecular flexibility index (Phi) is 4.55. The molecule has 0 heterocycles. The topological polar surface area (TPSA) is 36.8 Å². The zero-order valence-corrected chi connectivity index (χ0v) is 7.23. The first kappa shape index (κ1) is 11.7. The summed E-state index contributed by atoms with van der Waals surface area (Å²) in [5.74, 6) is 0. The molecule has 2 nitrogen and oxygen atoms in total. The van der Waals surface area contributed by atoms with Crippen LogP contribution in [0, 0.1) is 0 Å². The Morgan fingerprint density at radius 2 is 1.92 bits per heavy atom. The van der Waals surface area contributed by atoms with E-state index in [1.165, 1.54) is 5.32 Å². The zero-order chi connectivity index (χ0) is 9.78. The van der Waals surface area contributed by atoms with Crippen LogP contribution in [-0.4, -0.2) is 30.0 Å². The number of nitrogens with two attached hydrogens (primary N) is 1. The van der Waals surface area contributed by atoms with Gasteiger partial charge in [-0.15, -0.1) is 0 Å². The fraction of sp³-hybridized carbons (Fsp3) is 1.00. The van der Waals surface area contributed by atoms with E-state index in [4.69, 9.17) is 5.11 Å². The lowest BCUT2D eigenvalue weighted by atomic mass is 10.2. The maximum atomic E-state index is 11.7. The van der Waals surface area contributed by atoms with Crippen LogP contribution in [-0.2, 0) is 0 Å². The molecule has 0 fully saturated rings. The molecule has 0 rings (SSSR count). The molecular formula is C7H15F3NO+. The van der Waals surface area contributed by atoms with Gasteiger partial charge in [-0.2, -0.15) is 13.2 Å². The summed E-state index contributed by atoms with van der Waals surface area (Å²) in [6.07, 6.45) is -5.89. The largest absolute Gasteiger partial charge is 0.419 e. The smallest absolute Gasteiger partial charge is 0.379 e. The fourth-order valence-electron chi connectivity index (χ4n) is 0.662. The number of rotatable bonds is 4. The molecule has 3 N–H and O–H groups in total. The van der Waals surface area contributed by atoms with Crippen LogP contribution in [0.3, 0.4) is 0 Å². The monoisotopic (exact) mass is 186 g/mol. The summed E-state index contributed by atoms with van der Waals surface area (Å²) in [5.41, 5.74) is 0. The molecule has 0 aromatic heterocycles. The highest BCUT2D eigenvalue weighted by Gasteiger charge is 2.39. The van der Waals surface area contributed by atoms with Crippen LogP contribution >= 0.6 is 0 Å². The Bertz CT molecular complexity index is 126. The number of aliphatic hydroxyl groups excluding tert-OH is 1. The molecule has 2 atom stereocenters. The number of alkyl halides is 3. The van der Waals surface area contributed by atoms with Crippen LogP contribution < -0.4 is 5.32 Å². The number of quaternary nitrogens is 1. The third kappa shape index (κ3) is 4.56. The van der Waals surface area contributed by atoms with Gasteiger partial charge in [0.05, 0.1) is 6.04 Å². The summed E-state index contributed by atoms with van der Waals surface area (Å²) in [7, 11) is 0. The van der Waals surface area contributed by atoms with Crippen LogP contribution in [0.25, 0.3) is 0 Å². The average Bonchev–Trinajstić information content (AvgIpc) is 1.97. The van der Waals surface area contributed by atoms with Gasteiger partial charge in [0.25, 0.3) is 0 Å². The standard InChI is InChI=1S/C7H14F3NO/c1-3-5(2)11-4-6(12)7(8,9)10/h5-6,11-12H,3-4H2,1-2H3/p+1/t5-,6-/m0/s1. The molecule has 0 amide bonds. The van der Waals surface area contributed by atoms with Gasteiger partial charge in [0.1, 0.15) is 6.54 Å². The summed E-state index contributed by atoms with van der Waals surface area (Å²) in [6, 6.07) is 0.127. The molecule has 12 heavy (non-hydrogen) atoms. The molecule has 74 valence electrons. The molecule has 0 unspecified atom stereocenters. The predicted molar refractivity (Wildman–Crippen MR) is 38.6 cm³/mol. The van der Waals surface area contributed by atoms with Gasteiger partial charge >= 0.3 is 6.18 Å². The van der Waals surface area contributed by atoms with Crippen molar-refractivity contribution in [1.82, 2.24) is 0 Å². The number of halogens is 3. The number of aliphatic hydroxyl groups is 1. The molecule has 5 heteroatoms. The molecule has 0 aliphatic heterocycles. The predicted octanol–water partition coefficient (Wildman–Crippen LogP) is 0.272. The van der Waals surface area contributed by atoms with Gasteiger partial charge in [-0.05, 0) is 13.3 Å². The van der Waals surface area contributed by atoms with Crippen LogP contribution in [0.2, 0.25) is 0 Å². The van der Waals surface area contributed by atoms with E-state index in [9.17, 15) is 13.2 Å². The first-order valence-corrected chi connectivity index (χ1v) is 3.96.